The van der Waals surface area contributed by atoms with Gasteiger partial charge in [-0.15, -0.1) is 11.3 Å². The third-order valence-corrected chi connectivity index (χ3v) is 5.89. The summed E-state index contributed by atoms with van der Waals surface area (Å²) in [6, 6.07) is 5.13. The van der Waals surface area contributed by atoms with Crippen LogP contribution >= 0.6 is 11.3 Å². The van der Waals surface area contributed by atoms with Crippen LogP contribution < -0.4 is 19.5 Å². The second kappa shape index (κ2) is 8.01. The van der Waals surface area contributed by atoms with E-state index in [9.17, 15) is 14.9 Å². The number of nitriles is 1. The highest BCUT2D eigenvalue weighted by molar-refractivity contribution is 7.16. The van der Waals surface area contributed by atoms with Crippen LogP contribution in [0.4, 0.5) is 5.00 Å². The molecule has 0 saturated heterocycles. The van der Waals surface area contributed by atoms with Gasteiger partial charge in [0.1, 0.15) is 24.3 Å². The molecule has 0 fully saturated rings. The van der Waals surface area contributed by atoms with Gasteiger partial charge in [0.15, 0.2) is 18.1 Å². The van der Waals surface area contributed by atoms with E-state index in [0.29, 0.717) is 41.0 Å². The number of hydrogen-bond donors (Lipinski definition) is 1. The molecule has 2 heterocycles. The van der Waals surface area contributed by atoms with Crippen molar-refractivity contribution in [1.82, 2.24) is 0 Å². The zero-order valence-corrected chi connectivity index (χ0v) is 16.5. The van der Waals surface area contributed by atoms with Crippen LogP contribution in [0, 0.1) is 11.3 Å². The molecule has 8 nitrogen and oxygen atoms in total. The molecule has 4 rings (SSSR count). The summed E-state index contributed by atoms with van der Waals surface area (Å²) in [5, 5.41) is 12.6. The van der Waals surface area contributed by atoms with Crippen molar-refractivity contribution in [3.05, 3.63) is 33.7 Å². The summed E-state index contributed by atoms with van der Waals surface area (Å²) in [4.78, 5) is 25.8. The predicted molar refractivity (Wildman–Crippen MR) is 104 cm³/mol. The van der Waals surface area contributed by atoms with Gasteiger partial charge in [-0.2, -0.15) is 5.26 Å². The number of aryl methyl sites for hydroxylation is 1. The third-order valence-electron chi connectivity index (χ3n) is 4.68. The van der Waals surface area contributed by atoms with Crippen molar-refractivity contribution in [1.29, 1.82) is 5.26 Å². The van der Waals surface area contributed by atoms with Gasteiger partial charge >= 0.3 is 5.97 Å². The molecule has 1 amide bonds. The second-order valence-corrected chi connectivity index (χ2v) is 7.61. The molecule has 0 saturated carbocycles. The van der Waals surface area contributed by atoms with E-state index in [4.69, 9.17) is 18.9 Å². The first-order valence-corrected chi connectivity index (χ1v) is 9.91. The van der Waals surface area contributed by atoms with Crippen LogP contribution in [0.25, 0.3) is 0 Å². The van der Waals surface area contributed by atoms with E-state index in [1.54, 1.807) is 0 Å². The molecular weight excluding hydrogens is 396 g/mol. The molecule has 1 N–H and O–H groups in total. The summed E-state index contributed by atoms with van der Waals surface area (Å²) in [5.74, 6) is -0.0177. The monoisotopic (exact) mass is 414 g/mol. The van der Waals surface area contributed by atoms with E-state index >= 15 is 0 Å². The molecule has 29 heavy (non-hydrogen) atoms. The van der Waals surface area contributed by atoms with Crippen molar-refractivity contribution in [3.8, 4) is 23.3 Å². The second-order valence-electron chi connectivity index (χ2n) is 6.50. The summed E-state index contributed by atoms with van der Waals surface area (Å²) in [7, 11) is 1.46. The van der Waals surface area contributed by atoms with Crippen LogP contribution in [-0.4, -0.2) is 38.8 Å². The number of carbonyl (C=O) groups is 2. The van der Waals surface area contributed by atoms with E-state index in [2.05, 4.69) is 11.4 Å². The number of benzene rings is 1. The molecule has 0 spiro atoms. The highest BCUT2D eigenvalue weighted by Crippen LogP contribution is 2.41. The zero-order chi connectivity index (χ0) is 20.4. The standard InChI is InChI=1S/C20H18N2O6S/c1-25-14-7-11(8-15-18(14)27-6-5-26-15)20(24)28-10-17(23)22-19-13(9-21)12-3-2-4-16(12)29-19/h7-8H,2-6,10H2,1H3,(H,22,23). The molecule has 2 aromatic rings. The number of anilines is 1. The fourth-order valence-electron chi connectivity index (χ4n) is 3.38. The molecule has 1 aliphatic heterocycles. The molecule has 9 heteroatoms. The average molecular weight is 414 g/mol. The number of thiophene rings is 1. The van der Waals surface area contributed by atoms with Gasteiger partial charge in [-0.05, 0) is 37.0 Å². The van der Waals surface area contributed by atoms with E-state index < -0.39 is 18.5 Å². The van der Waals surface area contributed by atoms with Gasteiger partial charge in [0, 0.05) is 4.88 Å². The van der Waals surface area contributed by atoms with Gasteiger partial charge in [0.25, 0.3) is 5.91 Å². The Morgan fingerprint density at radius 1 is 1.28 bits per heavy atom. The smallest absolute Gasteiger partial charge is 0.338 e. The number of hydrogen-bond acceptors (Lipinski definition) is 8. The van der Waals surface area contributed by atoms with Crippen LogP contribution in [0.15, 0.2) is 12.1 Å². The number of ether oxygens (including phenoxy) is 4. The maximum absolute atomic E-state index is 12.4. The topological polar surface area (TPSA) is 107 Å². The van der Waals surface area contributed by atoms with Crippen LogP contribution in [0.2, 0.25) is 0 Å². The quantitative estimate of drug-likeness (QED) is 0.750. The Bertz CT molecular complexity index is 1010. The molecule has 0 bridgehead atoms. The van der Waals surface area contributed by atoms with E-state index in [1.807, 2.05) is 0 Å². The Hall–Kier alpha value is -3.25. The third kappa shape index (κ3) is 3.71. The number of methoxy groups -OCH3 is 1. The number of esters is 1. The first-order chi connectivity index (χ1) is 14.1. The fraction of sp³-hybridized carbons (Fsp3) is 0.350. The van der Waals surface area contributed by atoms with Gasteiger partial charge < -0.3 is 24.3 Å². The summed E-state index contributed by atoms with van der Waals surface area (Å²) < 4.78 is 21.4. The molecule has 0 radical (unpaired) electrons. The Labute approximate surface area is 170 Å². The number of amides is 1. The highest BCUT2D eigenvalue weighted by atomic mass is 32.1. The lowest BCUT2D eigenvalue weighted by Gasteiger charge is -2.21. The van der Waals surface area contributed by atoms with Crippen LogP contribution in [0.1, 0.15) is 32.8 Å². The molecule has 0 unspecified atom stereocenters. The minimum Gasteiger partial charge on any atom is -0.493 e. The summed E-state index contributed by atoms with van der Waals surface area (Å²) in [6.45, 7) is 0.288. The van der Waals surface area contributed by atoms with Crippen LogP contribution in [0.3, 0.4) is 0 Å². The van der Waals surface area contributed by atoms with Gasteiger partial charge in [-0.1, -0.05) is 0 Å². The first kappa shape index (κ1) is 19.1. The number of carbonyl (C=O) groups excluding carboxylic acids is 2. The summed E-state index contributed by atoms with van der Waals surface area (Å²) in [5.41, 5.74) is 1.72. The van der Waals surface area contributed by atoms with Crippen molar-refractivity contribution in [2.45, 2.75) is 19.3 Å². The molecule has 0 atom stereocenters. The van der Waals surface area contributed by atoms with Crippen molar-refractivity contribution >= 4 is 28.2 Å². The van der Waals surface area contributed by atoms with Crippen LogP contribution in [0.5, 0.6) is 17.2 Å². The SMILES string of the molecule is COc1cc(C(=O)OCC(=O)Nc2sc3c(c2C#N)CCC3)cc2c1OCCO2. The molecular formula is C20H18N2O6S. The minimum absolute atomic E-state index is 0.187. The van der Waals surface area contributed by atoms with E-state index in [-0.39, 0.29) is 5.56 Å². The fourth-order valence-corrected chi connectivity index (χ4v) is 4.63. The van der Waals surface area contributed by atoms with Gasteiger partial charge in [0.05, 0.1) is 18.2 Å². The lowest BCUT2D eigenvalue weighted by molar-refractivity contribution is -0.119. The lowest BCUT2D eigenvalue weighted by Crippen LogP contribution is -2.21. The zero-order valence-electron chi connectivity index (χ0n) is 15.7. The van der Waals surface area contributed by atoms with Gasteiger partial charge in [-0.3, -0.25) is 4.79 Å². The average Bonchev–Trinajstić information content (AvgIpc) is 3.31. The van der Waals surface area contributed by atoms with Crippen molar-refractivity contribution < 1.29 is 28.5 Å². The van der Waals surface area contributed by atoms with Crippen LogP contribution in [-0.2, 0) is 22.4 Å². The van der Waals surface area contributed by atoms with E-state index in [1.165, 1.54) is 30.6 Å². The number of nitrogens with one attached hydrogen (secondary N) is 1. The maximum atomic E-state index is 12.4. The highest BCUT2D eigenvalue weighted by Gasteiger charge is 2.24. The van der Waals surface area contributed by atoms with Crippen molar-refractivity contribution in [3.63, 3.8) is 0 Å². The summed E-state index contributed by atoms with van der Waals surface area (Å²) >= 11 is 1.41. The maximum Gasteiger partial charge on any atom is 0.338 e. The largest absolute Gasteiger partial charge is 0.493 e. The Kier molecular flexibility index (Phi) is 5.27. The Balaban J connectivity index is 1.41. The predicted octanol–water partition coefficient (Wildman–Crippen LogP) is 2.68. The number of rotatable bonds is 5. The van der Waals surface area contributed by atoms with Crippen molar-refractivity contribution in [2.75, 3.05) is 32.2 Å². The molecule has 1 aromatic heterocycles. The number of fused-ring (bicyclic) bond motifs is 2. The number of nitrogens with zero attached hydrogens (tertiary/aromatic N) is 1. The van der Waals surface area contributed by atoms with E-state index in [0.717, 1.165) is 29.7 Å². The Morgan fingerprint density at radius 2 is 2.10 bits per heavy atom. The van der Waals surface area contributed by atoms with Gasteiger partial charge in [0.2, 0.25) is 5.75 Å². The molecule has 1 aliphatic carbocycles. The first-order valence-electron chi connectivity index (χ1n) is 9.10. The summed E-state index contributed by atoms with van der Waals surface area (Å²) in [6.07, 6.45) is 2.80. The lowest BCUT2D eigenvalue weighted by atomic mass is 10.1. The normalized spacial score (nSPS) is 13.9. The molecule has 150 valence electrons. The molecule has 1 aromatic carbocycles. The molecule has 2 aliphatic rings. The Morgan fingerprint density at radius 3 is 2.90 bits per heavy atom. The minimum atomic E-state index is -0.690. The van der Waals surface area contributed by atoms with Gasteiger partial charge in [-0.25, -0.2) is 4.79 Å². The van der Waals surface area contributed by atoms with Crippen molar-refractivity contribution in [2.24, 2.45) is 0 Å².